The van der Waals surface area contributed by atoms with Crippen LogP contribution in [-0.2, 0) is 14.8 Å². The van der Waals surface area contributed by atoms with E-state index in [1.807, 2.05) is 0 Å². The molecule has 2 fully saturated rings. The maximum atomic E-state index is 13.2. The SMILES string of the molecule is O=C(N[C@@H]1CCCCC1NC(=O)C1CCCN(S(=O)(=O)c2ccc(F)cc2)C1)c1ccc(F)cc1. The number of halogens is 2. The normalized spacial score (nSPS) is 23.4. The van der Waals surface area contributed by atoms with Crippen molar-refractivity contribution >= 4 is 21.8 Å². The number of nitrogens with one attached hydrogen (secondary N) is 2. The van der Waals surface area contributed by atoms with Crippen LogP contribution in [0.2, 0.25) is 0 Å². The van der Waals surface area contributed by atoms with E-state index in [0.29, 0.717) is 37.8 Å². The molecule has 2 amide bonds. The van der Waals surface area contributed by atoms with Crippen molar-refractivity contribution in [1.29, 1.82) is 0 Å². The average molecular weight is 506 g/mol. The Balaban J connectivity index is 1.39. The van der Waals surface area contributed by atoms with Gasteiger partial charge in [0.25, 0.3) is 5.91 Å². The zero-order valence-corrected chi connectivity index (χ0v) is 20.1. The Kier molecular flexibility index (Phi) is 7.81. The number of nitrogens with zero attached hydrogens (tertiary/aromatic N) is 1. The van der Waals surface area contributed by atoms with E-state index in [-0.39, 0.29) is 35.3 Å². The number of carbonyl (C=O) groups is 2. The van der Waals surface area contributed by atoms with Crippen LogP contribution >= 0.6 is 0 Å². The molecule has 2 aromatic carbocycles. The fourth-order valence-corrected chi connectivity index (χ4v) is 6.28. The van der Waals surface area contributed by atoms with E-state index < -0.39 is 27.6 Å². The van der Waals surface area contributed by atoms with E-state index in [1.165, 1.54) is 40.7 Å². The predicted molar refractivity (Wildman–Crippen MR) is 126 cm³/mol. The Morgan fingerprint density at radius 2 is 1.37 bits per heavy atom. The van der Waals surface area contributed by atoms with Crippen LogP contribution in [0.4, 0.5) is 8.78 Å². The zero-order valence-electron chi connectivity index (χ0n) is 19.3. The molecule has 1 aliphatic carbocycles. The Bertz CT molecular complexity index is 1160. The molecule has 3 atom stereocenters. The molecular weight excluding hydrogens is 476 g/mol. The topological polar surface area (TPSA) is 95.6 Å². The van der Waals surface area contributed by atoms with Gasteiger partial charge in [0, 0.05) is 30.7 Å². The second-order valence-electron chi connectivity index (χ2n) is 9.14. The first-order chi connectivity index (χ1) is 16.7. The number of piperidine rings is 1. The van der Waals surface area contributed by atoms with E-state index in [4.69, 9.17) is 0 Å². The number of rotatable bonds is 6. The van der Waals surface area contributed by atoms with Crippen molar-refractivity contribution in [2.75, 3.05) is 13.1 Å². The van der Waals surface area contributed by atoms with Gasteiger partial charge in [-0.2, -0.15) is 4.31 Å². The highest BCUT2D eigenvalue weighted by atomic mass is 32.2. The van der Waals surface area contributed by atoms with E-state index in [0.717, 1.165) is 25.0 Å². The van der Waals surface area contributed by atoms with E-state index in [9.17, 15) is 26.8 Å². The first-order valence-electron chi connectivity index (χ1n) is 11.9. The second kappa shape index (κ2) is 10.8. The highest BCUT2D eigenvalue weighted by molar-refractivity contribution is 7.89. The van der Waals surface area contributed by atoms with Crippen LogP contribution in [0.15, 0.2) is 53.4 Å². The van der Waals surface area contributed by atoms with Crippen LogP contribution in [0, 0.1) is 17.6 Å². The molecule has 1 saturated carbocycles. The Morgan fingerprint density at radius 3 is 2.00 bits per heavy atom. The van der Waals surface area contributed by atoms with Gasteiger partial charge < -0.3 is 10.6 Å². The van der Waals surface area contributed by atoms with Crippen LogP contribution in [0.25, 0.3) is 0 Å². The molecule has 0 radical (unpaired) electrons. The average Bonchev–Trinajstić information content (AvgIpc) is 2.86. The molecule has 0 spiro atoms. The first-order valence-corrected chi connectivity index (χ1v) is 13.3. The van der Waals surface area contributed by atoms with Gasteiger partial charge in [-0.25, -0.2) is 17.2 Å². The quantitative estimate of drug-likeness (QED) is 0.630. The van der Waals surface area contributed by atoms with Gasteiger partial charge in [-0.15, -0.1) is 0 Å². The van der Waals surface area contributed by atoms with Crippen molar-refractivity contribution in [3.8, 4) is 0 Å². The minimum atomic E-state index is -3.84. The van der Waals surface area contributed by atoms with Crippen LogP contribution in [-0.4, -0.2) is 49.7 Å². The second-order valence-corrected chi connectivity index (χ2v) is 11.1. The lowest BCUT2D eigenvalue weighted by atomic mass is 9.89. The molecule has 0 aromatic heterocycles. The summed E-state index contributed by atoms with van der Waals surface area (Å²) < 4.78 is 53.7. The number of carbonyl (C=O) groups excluding carboxylic acids is 2. The molecule has 0 bridgehead atoms. The third kappa shape index (κ3) is 6.05. The minimum Gasteiger partial charge on any atom is -0.351 e. The molecule has 4 rings (SSSR count). The highest BCUT2D eigenvalue weighted by Crippen LogP contribution is 2.25. The smallest absolute Gasteiger partial charge is 0.251 e. The molecule has 2 unspecified atom stereocenters. The van der Waals surface area contributed by atoms with E-state index in [1.54, 1.807) is 0 Å². The molecule has 7 nitrogen and oxygen atoms in total. The Hall–Kier alpha value is -2.85. The summed E-state index contributed by atoms with van der Waals surface area (Å²) in [5.74, 6) is -2.03. The zero-order chi connectivity index (χ0) is 25.0. The summed E-state index contributed by atoms with van der Waals surface area (Å²) in [4.78, 5) is 25.7. The number of benzene rings is 2. The molecule has 2 N–H and O–H groups in total. The van der Waals surface area contributed by atoms with Gasteiger partial charge in [-0.1, -0.05) is 12.8 Å². The molecule has 1 aliphatic heterocycles. The van der Waals surface area contributed by atoms with Crippen molar-refractivity contribution in [2.24, 2.45) is 5.92 Å². The molecule has 2 aliphatic rings. The van der Waals surface area contributed by atoms with Crippen molar-refractivity contribution in [3.05, 3.63) is 65.7 Å². The van der Waals surface area contributed by atoms with Gasteiger partial charge >= 0.3 is 0 Å². The van der Waals surface area contributed by atoms with E-state index >= 15 is 0 Å². The summed E-state index contributed by atoms with van der Waals surface area (Å²) in [5, 5.41) is 6.00. The van der Waals surface area contributed by atoms with Crippen molar-refractivity contribution in [1.82, 2.24) is 14.9 Å². The number of hydrogen-bond acceptors (Lipinski definition) is 4. The summed E-state index contributed by atoms with van der Waals surface area (Å²) in [5.41, 5.74) is 0.343. The standard InChI is InChI=1S/C25H29F2N3O4S/c26-19-9-7-17(8-10-19)24(31)28-22-5-1-2-6-23(22)29-25(32)18-4-3-15-30(16-18)35(33,34)21-13-11-20(27)12-14-21/h7-14,18,22-23H,1-6,15-16H2,(H,28,31)(H,29,32)/t18?,22-,23?/m1/s1. The number of hydrogen-bond donors (Lipinski definition) is 2. The van der Waals surface area contributed by atoms with Gasteiger partial charge in [0.05, 0.1) is 10.8 Å². The molecule has 10 heteroatoms. The van der Waals surface area contributed by atoms with Gasteiger partial charge in [0.15, 0.2) is 0 Å². The fourth-order valence-electron chi connectivity index (χ4n) is 4.76. The molecule has 1 heterocycles. The molecule has 188 valence electrons. The van der Waals surface area contributed by atoms with Crippen LogP contribution < -0.4 is 10.6 Å². The fraction of sp³-hybridized carbons (Fsp3) is 0.440. The van der Waals surface area contributed by atoms with Crippen LogP contribution in [0.3, 0.4) is 0 Å². The molecular formula is C25H29F2N3O4S. The summed E-state index contributed by atoms with van der Waals surface area (Å²) in [6.45, 7) is 0.341. The minimum absolute atomic E-state index is 0.00388. The van der Waals surface area contributed by atoms with Crippen molar-refractivity contribution < 1.29 is 26.8 Å². The Morgan fingerprint density at radius 1 is 0.800 bits per heavy atom. The molecule has 2 aromatic rings. The Labute approximate surface area is 203 Å². The lowest BCUT2D eigenvalue weighted by Gasteiger charge is -2.36. The van der Waals surface area contributed by atoms with Crippen LogP contribution in [0.5, 0.6) is 0 Å². The molecule has 1 saturated heterocycles. The summed E-state index contributed by atoms with van der Waals surface area (Å²) >= 11 is 0. The summed E-state index contributed by atoms with van der Waals surface area (Å²) in [6.07, 6.45) is 4.31. The maximum absolute atomic E-state index is 13.2. The number of amides is 2. The first kappa shape index (κ1) is 25.2. The lowest BCUT2D eigenvalue weighted by Crippen LogP contribution is -2.55. The van der Waals surface area contributed by atoms with Crippen molar-refractivity contribution in [3.63, 3.8) is 0 Å². The lowest BCUT2D eigenvalue weighted by molar-refractivity contribution is -0.127. The predicted octanol–water partition coefficient (Wildman–Crippen LogP) is 3.22. The van der Waals surface area contributed by atoms with Gasteiger partial charge in [0.1, 0.15) is 11.6 Å². The van der Waals surface area contributed by atoms with Crippen molar-refractivity contribution in [2.45, 2.75) is 55.5 Å². The monoisotopic (exact) mass is 505 g/mol. The third-order valence-corrected chi connectivity index (χ3v) is 8.60. The van der Waals surface area contributed by atoms with Crippen LogP contribution in [0.1, 0.15) is 48.9 Å². The largest absolute Gasteiger partial charge is 0.351 e. The molecule has 35 heavy (non-hydrogen) atoms. The van der Waals surface area contributed by atoms with Gasteiger partial charge in [0.2, 0.25) is 15.9 Å². The van der Waals surface area contributed by atoms with Gasteiger partial charge in [-0.3, -0.25) is 9.59 Å². The summed E-state index contributed by atoms with van der Waals surface area (Å²) in [6, 6.07) is 9.40. The van der Waals surface area contributed by atoms with E-state index in [2.05, 4.69) is 10.6 Å². The van der Waals surface area contributed by atoms with Gasteiger partial charge in [-0.05, 0) is 74.2 Å². The third-order valence-electron chi connectivity index (χ3n) is 6.72. The highest BCUT2D eigenvalue weighted by Gasteiger charge is 2.35. The maximum Gasteiger partial charge on any atom is 0.251 e. The number of sulfonamides is 1. The summed E-state index contributed by atoms with van der Waals surface area (Å²) in [7, 11) is -3.84.